The van der Waals surface area contributed by atoms with Crippen molar-refractivity contribution in [2.24, 2.45) is 0 Å². The summed E-state index contributed by atoms with van der Waals surface area (Å²) in [5, 5.41) is 4.69. The van der Waals surface area contributed by atoms with Gasteiger partial charge in [0.2, 0.25) is 5.91 Å². The molecule has 1 aliphatic rings. The lowest BCUT2D eigenvalue weighted by atomic mass is 9.95. The standard InChI is InChI=1S/C19H20ClN5O2/c1-12(25-10-14(20)9-23-25)19(26)24-8-7-16-17(22-11-21-16)18(24)13-3-5-15(27-2)6-4-13/h3-6,9-12,18H,7-8H2,1-2H3,(H,21,22)/t12-,18+/m0/s1. The van der Waals surface area contributed by atoms with Gasteiger partial charge in [-0.05, 0) is 24.6 Å². The number of ether oxygens (including phenoxy) is 1. The van der Waals surface area contributed by atoms with E-state index in [4.69, 9.17) is 16.3 Å². The van der Waals surface area contributed by atoms with Crippen LogP contribution in [0.25, 0.3) is 0 Å². The number of imidazole rings is 1. The van der Waals surface area contributed by atoms with Gasteiger partial charge in [0.15, 0.2) is 0 Å². The number of carbonyl (C=O) groups excluding carboxylic acids is 1. The lowest BCUT2D eigenvalue weighted by molar-refractivity contribution is -0.136. The molecule has 8 heteroatoms. The number of amides is 1. The largest absolute Gasteiger partial charge is 0.497 e. The number of hydrogen-bond donors (Lipinski definition) is 1. The molecule has 0 saturated heterocycles. The number of aromatic amines is 1. The molecule has 1 aliphatic heterocycles. The normalized spacial score (nSPS) is 17.4. The molecule has 1 amide bonds. The quantitative estimate of drug-likeness (QED) is 0.749. The highest BCUT2D eigenvalue weighted by Gasteiger charge is 2.36. The van der Waals surface area contributed by atoms with Gasteiger partial charge in [0.05, 0.1) is 30.4 Å². The summed E-state index contributed by atoms with van der Waals surface area (Å²) < 4.78 is 6.85. The summed E-state index contributed by atoms with van der Waals surface area (Å²) in [6.45, 7) is 2.43. The van der Waals surface area contributed by atoms with Crippen LogP contribution in [0.4, 0.5) is 0 Å². The first-order chi connectivity index (χ1) is 13.1. The molecule has 3 aromatic rings. The zero-order chi connectivity index (χ0) is 19.0. The first-order valence-electron chi connectivity index (χ1n) is 8.74. The Balaban J connectivity index is 1.70. The minimum Gasteiger partial charge on any atom is -0.497 e. The van der Waals surface area contributed by atoms with Crippen LogP contribution in [0.1, 0.15) is 36.0 Å². The number of aromatic nitrogens is 4. The van der Waals surface area contributed by atoms with E-state index in [-0.39, 0.29) is 11.9 Å². The Morgan fingerprint density at radius 2 is 2.15 bits per heavy atom. The van der Waals surface area contributed by atoms with Crippen molar-refractivity contribution in [2.75, 3.05) is 13.7 Å². The number of nitrogens with zero attached hydrogens (tertiary/aromatic N) is 4. The average molecular weight is 386 g/mol. The van der Waals surface area contributed by atoms with Crippen molar-refractivity contribution in [3.05, 3.63) is 65.0 Å². The summed E-state index contributed by atoms with van der Waals surface area (Å²) in [7, 11) is 1.63. The number of nitrogens with one attached hydrogen (secondary N) is 1. The van der Waals surface area contributed by atoms with Gasteiger partial charge in [-0.15, -0.1) is 0 Å². The van der Waals surface area contributed by atoms with Crippen LogP contribution in [-0.4, -0.2) is 44.2 Å². The maximum absolute atomic E-state index is 13.3. The van der Waals surface area contributed by atoms with Gasteiger partial charge in [-0.2, -0.15) is 5.10 Å². The van der Waals surface area contributed by atoms with Crippen LogP contribution in [0, 0.1) is 0 Å². The molecule has 0 spiro atoms. The van der Waals surface area contributed by atoms with E-state index < -0.39 is 6.04 Å². The van der Waals surface area contributed by atoms with E-state index >= 15 is 0 Å². The van der Waals surface area contributed by atoms with Gasteiger partial charge in [0.25, 0.3) is 0 Å². The van der Waals surface area contributed by atoms with Crippen molar-refractivity contribution in [3.63, 3.8) is 0 Å². The van der Waals surface area contributed by atoms with Gasteiger partial charge in [-0.25, -0.2) is 4.98 Å². The molecular weight excluding hydrogens is 366 g/mol. The highest BCUT2D eigenvalue weighted by Crippen LogP contribution is 2.35. The van der Waals surface area contributed by atoms with Crippen molar-refractivity contribution in [1.82, 2.24) is 24.6 Å². The Morgan fingerprint density at radius 3 is 2.81 bits per heavy atom. The molecule has 0 saturated carbocycles. The summed E-state index contributed by atoms with van der Waals surface area (Å²) in [4.78, 5) is 22.9. The maximum Gasteiger partial charge on any atom is 0.247 e. The highest BCUT2D eigenvalue weighted by atomic mass is 35.5. The van der Waals surface area contributed by atoms with E-state index in [2.05, 4.69) is 15.1 Å². The fraction of sp³-hybridized carbons (Fsp3) is 0.316. The van der Waals surface area contributed by atoms with Gasteiger partial charge >= 0.3 is 0 Å². The van der Waals surface area contributed by atoms with Crippen molar-refractivity contribution in [2.45, 2.75) is 25.4 Å². The summed E-state index contributed by atoms with van der Waals surface area (Å²) in [6.07, 6.45) is 5.62. The molecule has 7 nitrogen and oxygen atoms in total. The summed E-state index contributed by atoms with van der Waals surface area (Å²) >= 11 is 5.97. The number of fused-ring (bicyclic) bond motifs is 1. The first kappa shape index (κ1) is 17.6. The Labute approximate surface area is 161 Å². The van der Waals surface area contributed by atoms with Crippen LogP contribution in [0.15, 0.2) is 43.0 Å². The van der Waals surface area contributed by atoms with E-state index in [9.17, 15) is 4.79 Å². The molecule has 4 rings (SSSR count). The summed E-state index contributed by atoms with van der Waals surface area (Å²) in [5.74, 6) is 0.749. The molecule has 1 N–H and O–H groups in total. The van der Waals surface area contributed by atoms with Crippen molar-refractivity contribution in [1.29, 1.82) is 0 Å². The van der Waals surface area contributed by atoms with Gasteiger partial charge in [-0.3, -0.25) is 9.48 Å². The first-order valence-corrected chi connectivity index (χ1v) is 9.12. The van der Waals surface area contributed by atoms with E-state index in [0.29, 0.717) is 11.6 Å². The number of H-pyrrole nitrogens is 1. The SMILES string of the molecule is COc1ccc([C@@H]2c3nc[nH]c3CCN2C(=O)[C@H](C)n2cc(Cl)cn2)cc1. The van der Waals surface area contributed by atoms with Gasteiger partial charge in [0, 0.05) is 24.9 Å². The second-order valence-electron chi connectivity index (χ2n) is 6.54. The van der Waals surface area contributed by atoms with E-state index in [1.54, 1.807) is 24.3 Å². The number of rotatable bonds is 4. The number of halogens is 1. The van der Waals surface area contributed by atoms with Crippen LogP contribution in [-0.2, 0) is 11.2 Å². The average Bonchev–Trinajstić information content (AvgIpc) is 3.35. The van der Waals surface area contributed by atoms with E-state index in [1.807, 2.05) is 36.1 Å². The molecule has 1 aromatic carbocycles. The lowest BCUT2D eigenvalue weighted by Crippen LogP contribution is -2.43. The van der Waals surface area contributed by atoms with Crippen molar-refractivity contribution >= 4 is 17.5 Å². The third-order valence-electron chi connectivity index (χ3n) is 4.96. The number of hydrogen-bond acceptors (Lipinski definition) is 4. The lowest BCUT2D eigenvalue weighted by Gasteiger charge is -2.36. The van der Waals surface area contributed by atoms with E-state index in [0.717, 1.165) is 29.1 Å². The monoisotopic (exact) mass is 385 g/mol. The number of benzene rings is 1. The Hall–Kier alpha value is -2.80. The molecule has 0 unspecified atom stereocenters. The molecule has 2 aromatic heterocycles. The third-order valence-corrected chi connectivity index (χ3v) is 5.16. The fourth-order valence-corrected chi connectivity index (χ4v) is 3.66. The molecule has 0 radical (unpaired) electrons. The predicted molar refractivity (Wildman–Crippen MR) is 101 cm³/mol. The van der Waals surface area contributed by atoms with Crippen LogP contribution in [0.5, 0.6) is 5.75 Å². The predicted octanol–water partition coefficient (Wildman–Crippen LogP) is 3.00. The molecule has 140 valence electrons. The maximum atomic E-state index is 13.3. The second-order valence-corrected chi connectivity index (χ2v) is 6.97. The molecule has 3 heterocycles. The zero-order valence-electron chi connectivity index (χ0n) is 15.1. The minimum absolute atomic E-state index is 0.0239. The van der Waals surface area contributed by atoms with Crippen LogP contribution >= 0.6 is 11.6 Å². The molecule has 27 heavy (non-hydrogen) atoms. The Bertz CT molecular complexity index is 949. The van der Waals surface area contributed by atoms with Crippen LogP contribution < -0.4 is 4.74 Å². The third kappa shape index (κ3) is 3.19. The highest BCUT2D eigenvalue weighted by molar-refractivity contribution is 6.30. The van der Waals surface area contributed by atoms with Crippen molar-refractivity contribution < 1.29 is 9.53 Å². The molecule has 0 bridgehead atoms. The minimum atomic E-state index is -0.459. The Kier molecular flexibility index (Phi) is 4.61. The topological polar surface area (TPSA) is 76.0 Å². The van der Waals surface area contributed by atoms with Gasteiger partial charge in [0.1, 0.15) is 17.8 Å². The van der Waals surface area contributed by atoms with Crippen LogP contribution in [0.2, 0.25) is 5.02 Å². The smallest absolute Gasteiger partial charge is 0.247 e. The number of carbonyl (C=O) groups is 1. The second kappa shape index (κ2) is 7.08. The number of methoxy groups -OCH3 is 1. The van der Waals surface area contributed by atoms with Crippen LogP contribution in [0.3, 0.4) is 0 Å². The molecular formula is C19H20ClN5O2. The zero-order valence-corrected chi connectivity index (χ0v) is 15.8. The van der Waals surface area contributed by atoms with Gasteiger partial charge in [-0.1, -0.05) is 23.7 Å². The Morgan fingerprint density at radius 1 is 1.37 bits per heavy atom. The summed E-state index contributed by atoms with van der Waals surface area (Å²) in [5.41, 5.74) is 2.93. The van der Waals surface area contributed by atoms with Crippen molar-refractivity contribution in [3.8, 4) is 5.75 Å². The summed E-state index contributed by atoms with van der Waals surface area (Å²) in [6, 6.07) is 7.03. The molecule has 0 aliphatic carbocycles. The molecule has 0 fully saturated rings. The van der Waals surface area contributed by atoms with E-state index in [1.165, 1.54) is 6.20 Å². The van der Waals surface area contributed by atoms with Gasteiger partial charge < -0.3 is 14.6 Å². The fourth-order valence-electron chi connectivity index (χ4n) is 3.52. The molecule has 2 atom stereocenters.